The first-order valence-electron chi connectivity index (χ1n) is 5.13. The Hall–Kier alpha value is -0.910. The van der Waals surface area contributed by atoms with Gasteiger partial charge < -0.3 is 5.32 Å². The Labute approximate surface area is 115 Å². The van der Waals surface area contributed by atoms with Gasteiger partial charge in [0, 0.05) is 17.6 Å². The van der Waals surface area contributed by atoms with Crippen molar-refractivity contribution in [1.82, 2.24) is 20.1 Å². The monoisotopic (exact) mass is 316 g/mol. The Balaban J connectivity index is 0.00000144. The number of hydrogen-bond acceptors (Lipinski definition) is 3. The molecule has 0 amide bonds. The van der Waals surface area contributed by atoms with E-state index in [0.717, 1.165) is 24.1 Å². The minimum Gasteiger partial charge on any atom is -0.311 e. The van der Waals surface area contributed by atoms with Crippen LogP contribution in [0.4, 0.5) is 0 Å². The molecule has 1 aromatic carbocycles. The summed E-state index contributed by atoms with van der Waals surface area (Å²) in [6.45, 7) is 2.57. The number of benzene rings is 1. The molecule has 0 aliphatic carbocycles. The Morgan fingerprint density at radius 3 is 2.82 bits per heavy atom. The van der Waals surface area contributed by atoms with E-state index in [1.807, 2.05) is 16.8 Å². The second-order valence-corrected chi connectivity index (χ2v) is 4.28. The molecule has 17 heavy (non-hydrogen) atoms. The highest BCUT2D eigenvalue weighted by molar-refractivity contribution is 9.10. The first-order valence-corrected chi connectivity index (χ1v) is 5.92. The molecule has 0 bridgehead atoms. The van der Waals surface area contributed by atoms with Gasteiger partial charge in [0.2, 0.25) is 0 Å². The van der Waals surface area contributed by atoms with Crippen LogP contribution in [0.2, 0.25) is 0 Å². The number of aromatic nitrogens is 3. The van der Waals surface area contributed by atoms with E-state index >= 15 is 0 Å². The zero-order chi connectivity index (χ0) is 11.2. The van der Waals surface area contributed by atoms with E-state index < -0.39 is 0 Å². The van der Waals surface area contributed by atoms with Crippen LogP contribution in [0.3, 0.4) is 0 Å². The summed E-state index contributed by atoms with van der Waals surface area (Å²) >= 11 is 3.52. The van der Waals surface area contributed by atoms with Crippen molar-refractivity contribution < 1.29 is 0 Å². The second-order valence-electron chi connectivity index (χ2n) is 3.43. The van der Waals surface area contributed by atoms with Crippen LogP contribution < -0.4 is 5.32 Å². The van der Waals surface area contributed by atoms with E-state index in [1.54, 1.807) is 12.7 Å². The van der Waals surface area contributed by atoms with Gasteiger partial charge >= 0.3 is 0 Å². The fraction of sp³-hybridized carbons (Fsp3) is 0.273. The van der Waals surface area contributed by atoms with Crippen molar-refractivity contribution in [3.05, 3.63) is 47.0 Å². The molecule has 0 aliphatic heterocycles. The third-order valence-electron chi connectivity index (χ3n) is 2.26. The Kier molecular flexibility index (Phi) is 6.18. The number of nitrogens with one attached hydrogen (secondary N) is 1. The van der Waals surface area contributed by atoms with E-state index in [2.05, 4.69) is 43.5 Å². The molecule has 0 radical (unpaired) electrons. The van der Waals surface area contributed by atoms with Crippen molar-refractivity contribution in [3.63, 3.8) is 0 Å². The van der Waals surface area contributed by atoms with Crippen LogP contribution in [0.1, 0.15) is 5.56 Å². The lowest BCUT2D eigenvalue weighted by molar-refractivity contribution is 0.553. The summed E-state index contributed by atoms with van der Waals surface area (Å²) in [7, 11) is 0. The molecular weight excluding hydrogens is 304 g/mol. The molecule has 1 N–H and O–H groups in total. The van der Waals surface area contributed by atoms with E-state index in [4.69, 9.17) is 0 Å². The lowest BCUT2D eigenvalue weighted by atomic mass is 10.2. The molecular formula is C11H14BrClN4. The van der Waals surface area contributed by atoms with E-state index in [-0.39, 0.29) is 12.4 Å². The molecule has 2 aromatic rings. The first kappa shape index (κ1) is 14.2. The van der Waals surface area contributed by atoms with Crippen molar-refractivity contribution in [3.8, 4) is 0 Å². The van der Waals surface area contributed by atoms with E-state index in [0.29, 0.717) is 0 Å². The molecule has 0 fully saturated rings. The van der Waals surface area contributed by atoms with Crippen LogP contribution >= 0.6 is 28.3 Å². The molecule has 0 unspecified atom stereocenters. The quantitative estimate of drug-likeness (QED) is 0.860. The van der Waals surface area contributed by atoms with Crippen molar-refractivity contribution in [1.29, 1.82) is 0 Å². The molecule has 2 rings (SSSR count). The highest BCUT2D eigenvalue weighted by Crippen LogP contribution is 2.14. The fourth-order valence-electron chi connectivity index (χ4n) is 1.41. The molecule has 6 heteroatoms. The summed E-state index contributed by atoms with van der Waals surface area (Å²) in [5.74, 6) is 0. The first-order chi connectivity index (χ1) is 7.86. The van der Waals surface area contributed by atoms with Gasteiger partial charge in [-0.05, 0) is 11.6 Å². The van der Waals surface area contributed by atoms with Crippen molar-refractivity contribution in [2.24, 2.45) is 0 Å². The second kappa shape index (κ2) is 7.42. The van der Waals surface area contributed by atoms with Crippen molar-refractivity contribution in [2.45, 2.75) is 13.1 Å². The van der Waals surface area contributed by atoms with Crippen LogP contribution in [0.5, 0.6) is 0 Å². The average Bonchev–Trinajstić information content (AvgIpc) is 2.79. The van der Waals surface area contributed by atoms with Crippen LogP contribution in [0.15, 0.2) is 41.4 Å². The number of hydrogen-bond donors (Lipinski definition) is 1. The maximum atomic E-state index is 4.03. The summed E-state index contributed by atoms with van der Waals surface area (Å²) in [4.78, 5) is 3.89. The van der Waals surface area contributed by atoms with Gasteiger partial charge in [0.05, 0.1) is 6.54 Å². The molecule has 0 atom stereocenters. The maximum absolute atomic E-state index is 4.03. The lowest BCUT2D eigenvalue weighted by Crippen LogP contribution is -2.19. The number of halogens is 2. The largest absolute Gasteiger partial charge is 0.311 e. The van der Waals surface area contributed by atoms with Gasteiger partial charge in [-0.3, -0.25) is 4.68 Å². The zero-order valence-corrected chi connectivity index (χ0v) is 11.6. The van der Waals surface area contributed by atoms with Crippen LogP contribution in [0, 0.1) is 0 Å². The summed E-state index contributed by atoms with van der Waals surface area (Å²) in [5, 5.41) is 7.40. The van der Waals surface area contributed by atoms with E-state index in [1.165, 1.54) is 5.56 Å². The fourth-order valence-corrected chi connectivity index (χ4v) is 1.83. The van der Waals surface area contributed by atoms with Crippen LogP contribution in [0.25, 0.3) is 0 Å². The van der Waals surface area contributed by atoms with Gasteiger partial charge in [0.25, 0.3) is 0 Å². The smallest absolute Gasteiger partial charge is 0.137 e. The molecule has 92 valence electrons. The Bertz CT molecular complexity index is 433. The third-order valence-corrected chi connectivity index (χ3v) is 3.03. The SMILES string of the molecule is Brc1ccccc1CNCCn1cncn1.Cl. The van der Waals surface area contributed by atoms with Crippen LogP contribution in [-0.2, 0) is 13.1 Å². The van der Waals surface area contributed by atoms with Gasteiger partial charge in [-0.25, -0.2) is 4.98 Å². The van der Waals surface area contributed by atoms with Gasteiger partial charge in [0.15, 0.2) is 0 Å². The summed E-state index contributed by atoms with van der Waals surface area (Å²) in [6, 6.07) is 8.21. The van der Waals surface area contributed by atoms with E-state index in [9.17, 15) is 0 Å². The minimum absolute atomic E-state index is 0. The zero-order valence-electron chi connectivity index (χ0n) is 9.21. The molecule has 1 aromatic heterocycles. The van der Waals surface area contributed by atoms with Gasteiger partial charge in [-0.1, -0.05) is 34.1 Å². The van der Waals surface area contributed by atoms with Crippen molar-refractivity contribution in [2.75, 3.05) is 6.54 Å². The predicted molar refractivity (Wildman–Crippen MR) is 73.1 cm³/mol. The van der Waals surface area contributed by atoms with Crippen LogP contribution in [-0.4, -0.2) is 21.3 Å². The number of rotatable bonds is 5. The minimum atomic E-state index is 0. The molecule has 1 heterocycles. The van der Waals surface area contributed by atoms with Gasteiger partial charge in [0.1, 0.15) is 12.7 Å². The average molecular weight is 318 g/mol. The standard InChI is InChI=1S/C11H13BrN4.ClH/c12-11-4-2-1-3-10(11)7-13-5-6-16-9-14-8-15-16;/h1-4,8-9,13H,5-7H2;1H. The predicted octanol–water partition coefficient (Wildman–Crippen LogP) is 2.25. The Morgan fingerprint density at radius 2 is 2.12 bits per heavy atom. The molecule has 0 saturated heterocycles. The maximum Gasteiger partial charge on any atom is 0.137 e. The normalized spacial score (nSPS) is 9.94. The molecule has 4 nitrogen and oxygen atoms in total. The third kappa shape index (κ3) is 4.46. The molecule has 0 saturated carbocycles. The number of nitrogens with zero attached hydrogens (tertiary/aromatic N) is 3. The van der Waals surface area contributed by atoms with Crippen molar-refractivity contribution >= 4 is 28.3 Å². The topological polar surface area (TPSA) is 42.7 Å². The molecule has 0 aliphatic rings. The van der Waals surface area contributed by atoms with Gasteiger partial charge in [-0.15, -0.1) is 12.4 Å². The highest BCUT2D eigenvalue weighted by Gasteiger charge is 1.97. The highest BCUT2D eigenvalue weighted by atomic mass is 79.9. The lowest BCUT2D eigenvalue weighted by Gasteiger charge is -2.06. The Morgan fingerprint density at radius 1 is 1.29 bits per heavy atom. The summed E-state index contributed by atoms with van der Waals surface area (Å²) in [6.07, 6.45) is 3.27. The summed E-state index contributed by atoms with van der Waals surface area (Å²) < 4.78 is 2.95. The summed E-state index contributed by atoms with van der Waals surface area (Å²) in [5.41, 5.74) is 1.26. The molecule has 0 spiro atoms. The van der Waals surface area contributed by atoms with Gasteiger partial charge in [-0.2, -0.15) is 5.10 Å².